The van der Waals surface area contributed by atoms with Crippen LogP contribution in [0.25, 0.3) is 0 Å². The summed E-state index contributed by atoms with van der Waals surface area (Å²) in [5.41, 5.74) is 3.97. The van der Waals surface area contributed by atoms with Crippen LogP contribution in [0.2, 0.25) is 0 Å². The van der Waals surface area contributed by atoms with Gasteiger partial charge in [0.15, 0.2) is 5.78 Å². The maximum absolute atomic E-state index is 12.2. The minimum atomic E-state index is -0.201. The average Bonchev–Trinajstić information content (AvgIpc) is 2.90. The summed E-state index contributed by atoms with van der Waals surface area (Å²) in [4.78, 5) is 23.6. The predicted octanol–water partition coefficient (Wildman–Crippen LogP) is 1.51. The van der Waals surface area contributed by atoms with Crippen molar-refractivity contribution in [3.8, 4) is 0 Å². The molecule has 0 bridgehead atoms. The van der Waals surface area contributed by atoms with E-state index < -0.39 is 0 Å². The number of carbonyl (C=O) groups is 2. The van der Waals surface area contributed by atoms with Gasteiger partial charge in [0.25, 0.3) is 5.91 Å². The summed E-state index contributed by atoms with van der Waals surface area (Å²) in [5.74, 6) is -0.253. The van der Waals surface area contributed by atoms with E-state index in [0.29, 0.717) is 17.8 Å². The molecule has 0 aliphatic heterocycles. The normalized spacial score (nSPS) is 10.7. The van der Waals surface area contributed by atoms with Gasteiger partial charge in [0.2, 0.25) is 0 Å². The molecule has 2 aromatic heterocycles. The summed E-state index contributed by atoms with van der Waals surface area (Å²) < 4.78 is 3.46. The van der Waals surface area contributed by atoms with Crippen LogP contribution in [-0.2, 0) is 20.6 Å². The van der Waals surface area contributed by atoms with Crippen molar-refractivity contribution in [2.45, 2.75) is 27.3 Å². The molecule has 6 nitrogen and oxygen atoms in total. The Morgan fingerprint density at radius 3 is 2.43 bits per heavy atom. The molecule has 0 radical (unpaired) electrons. The molecule has 2 aromatic rings. The number of ketones is 1. The number of hydrogen-bond donors (Lipinski definition) is 1. The SMILES string of the molecule is CC(=O)c1cc(C(=O)NCc2c(C)nn(C)c2C)n(C)c1. The summed E-state index contributed by atoms with van der Waals surface area (Å²) in [6, 6.07) is 1.61. The van der Waals surface area contributed by atoms with Crippen molar-refractivity contribution in [1.29, 1.82) is 0 Å². The number of Topliss-reactive ketones (excluding diaryl/α,β-unsaturated/α-hetero) is 1. The topological polar surface area (TPSA) is 68.9 Å². The first kappa shape index (κ1) is 15.0. The van der Waals surface area contributed by atoms with Gasteiger partial charge in [-0.2, -0.15) is 5.10 Å². The number of rotatable bonds is 4. The highest BCUT2D eigenvalue weighted by Gasteiger charge is 2.15. The molecule has 0 saturated heterocycles. The van der Waals surface area contributed by atoms with Crippen LogP contribution in [0.3, 0.4) is 0 Å². The first-order valence-corrected chi connectivity index (χ1v) is 6.75. The van der Waals surface area contributed by atoms with E-state index in [-0.39, 0.29) is 11.7 Å². The molecule has 0 aromatic carbocycles. The summed E-state index contributed by atoms with van der Waals surface area (Å²) in [5, 5.41) is 7.20. The van der Waals surface area contributed by atoms with E-state index in [1.165, 1.54) is 6.92 Å². The van der Waals surface area contributed by atoms with Gasteiger partial charge in [-0.15, -0.1) is 0 Å². The number of nitrogens with one attached hydrogen (secondary N) is 1. The minimum Gasteiger partial charge on any atom is -0.347 e. The monoisotopic (exact) mass is 288 g/mol. The van der Waals surface area contributed by atoms with Gasteiger partial charge >= 0.3 is 0 Å². The predicted molar refractivity (Wildman–Crippen MR) is 79.3 cm³/mol. The molecule has 6 heteroatoms. The van der Waals surface area contributed by atoms with Gasteiger partial charge in [-0.25, -0.2) is 0 Å². The lowest BCUT2D eigenvalue weighted by Crippen LogP contribution is -2.25. The van der Waals surface area contributed by atoms with Crippen LogP contribution in [-0.4, -0.2) is 26.0 Å². The summed E-state index contributed by atoms with van der Waals surface area (Å²) in [6.07, 6.45) is 1.66. The van der Waals surface area contributed by atoms with Gasteiger partial charge in [0, 0.05) is 43.7 Å². The van der Waals surface area contributed by atoms with Crippen molar-refractivity contribution < 1.29 is 9.59 Å². The third-order valence-electron chi connectivity index (χ3n) is 3.73. The lowest BCUT2D eigenvalue weighted by Gasteiger charge is -2.06. The molecule has 1 amide bonds. The molecule has 0 fully saturated rings. The van der Waals surface area contributed by atoms with E-state index >= 15 is 0 Å². The van der Waals surface area contributed by atoms with Crippen LogP contribution >= 0.6 is 0 Å². The molecule has 0 saturated carbocycles. The highest BCUT2D eigenvalue weighted by atomic mass is 16.2. The number of carbonyl (C=O) groups excluding carboxylic acids is 2. The molecular weight excluding hydrogens is 268 g/mol. The van der Waals surface area contributed by atoms with E-state index in [1.54, 1.807) is 28.6 Å². The molecule has 0 aliphatic rings. The second-order valence-corrected chi connectivity index (χ2v) is 5.24. The number of aryl methyl sites for hydroxylation is 3. The molecule has 0 atom stereocenters. The maximum Gasteiger partial charge on any atom is 0.268 e. The molecule has 21 heavy (non-hydrogen) atoms. The Morgan fingerprint density at radius 1 is 1.29 bits per heavy atom. The average molecular weight is 288 g/mol. The highest BCUT2D eigenvalue weighted by Crippen LogP contribution is 2.12. The van der Waals surface area contributed by atoms with Crippen molar-refractivity contribution in [1.82, 2.24) is 19.7 Å². The summed E-state index contributed by atoms with van der Waals surface area (Å²) in [7, 11) is 3.63. The van der Waals surface area contributed by atoms with Crippen molar-refractivity contribution in [2.75, 3.05) is 0 Å². The minimum absolute atomic E-state index is 0.0522. The van der Waals surface area contributed by atoms with Crippen LogP contribution in [0.4, 0.5) is 0 Å². The van der Waals surface area contributed by atoms with Gasteiger partial charge in [-0.1, -0.05) is 0 Å². The van der Waals surface area contributed by atoms with Gasteiger partial charge < -0.3 is 9.88 Å². The maximum atomic E-state index is 12.2. The highest BCUT2D eigenvalue weighted by molar-refractivity contribution is 5.99. The molecule has 0 aliphatic carbocycles. The van der Waals surface area contributed by atoms with E-state index in [9.17, 15) is 9.59 Å². The number of nitrogens with zero attached hydrogens (tertiary/aromatic N) is 3. The largest absolute Gasteiger partial charge is 0.347 e. The third-order valence-corrected chi connectivity index (χ3v) is 3.73. The fraction of sp³-hybridized carbons (Fsp3) is 0.400. The molecule has 1 N–H and O–H groups in total. The molecule has 2 heterocycles. The fourth-order valence-corrected chi connectivity index (χ4v) is 2.32. The van der Waals surface area contributed by atoms with Crippen molar-refractivity contribution in [3.05, 3.63) is 40.5 Å². The lowest BCUT2D eigenvalue weighted by atomic mass is 10.2. The Balaban J connectivity index is 2.13. The Bertz CT molecular complexity index is 710. The van der Waals surface area contributed by atoms with Crippen LogP contribution < -0.4 is 5.32 Å². The second-order valence-electron chi connectivity index (χ2n) is 5.24. The Hall–Kier alpha value is -2.37. The third kappa shape index (κ3) is 2.89. The quantitative estimate of drug-likeness (QED) is 0.867. The zero-order valence-corrected chi connectivity index (χ0v) is 13.0. The summed E-state index contributed by atoms with van der Waals surface area (Å²) >= 11 is 0. The van der Waals surface area contributed by atoms with Crippen LogP contribution in [0, 0.1) is 13.8 Å². The number of amides is 1. The molecule has 112 valence electrons. The van der Waals surface area contributed by atoms with Gasteiger partial charge in [-0.3, -0.25) is 14.3 Å². The zero-order valence-electron chi connectivity index (χ0n) is 13.0. The fourth-order valence-electron chi connectivity index (χ4n) is 2.32. The van der Waals surface area contributed by atoms with Crippen molar-refractivity contribution in [3.63, 3.8) is 0 Å². The summed E-state index contributed by atoms with van der Waals surface area (Å²) in [6.45, 7) is 5.80. The lowest BCUT2D eigenvalue weighted by molar-refractivity contribution is 0.0942. The van der Waals surface area contributed by atoms with E-state index in [0.717, 1.165) is 17.0 Å². The molecule has 0 spiro atoms. The molecule has 0 unspecified atom stereocenters. The smallest absolute Gasteiger partial charge is 0.268 e. The van der Waals surface area contributed by atoms with Gasteiger partial charge in [0.05, 0.1) is 5.69 Å². The van der Waals surface area contributed by atoms with E-state index in [4.69, 9.17) is 0 Å². The van der Waals surface area contributed by atoms with E-state index in [2.05, 4.69) is 10.4 Å². The van der Waals surface area contributed by atoms with Crippen LogP contribution in [0.15, 0.2) is 12.3 Å². The van der Waals surface area contributed by atoms with Gasteiger partial charge in [-0.05, 0) is 26.8 Å². The van der Waals surface area contributed by atoms with Gasteiger partial charge in [0.1, 0.15) is 5.69 Å². The van der Waals surface area contributed by atoms with Crippen molar-refractivity contribution in [2.24, 2.45) is 14.1 Å². The molecular formula is C15H20N4O2. The van der Waals surface area contributed by atoms with Crippen molar-refractivity contribution >= 4 is 11.7 Å². The Morgan fingerprint density at radius 2 is 1.95 bits per heavy atom. The molecule has 2 rings (SSSR count). The second kappa shape index (κ2) is 5.55. The standard InChI is InChI=1S/C15H20N4O2/c1-9-13(10(2)19(5)17-9)7-16-15(21)14-6-12(11(3)20)8-18(14)4/h6,8H,7H2,1-5H3,(H,16,21). The Kier molecular flexibility index (Phi) is 3.97. The van der Waals surface area contributed by atoms with Crippen LogP contribution in [0.5, 0.6) is 0 Å². The first-order valence-electron chi connectivity index (χ1n) is 6.75. The van der Waals surface area contributed by atoms with E-state index in [1.807, 2.05) is 20.9 Å². The zero-order chi connectivity index (χ0) is 15.7. The first-order chi connectivity index (χ1) is 9.81. The Labute approximate surface area is 123 Å². The number of aromatic nitrogens is 3. The number of hydrogen-bond acceptors (Lipinski definition) is 3. The van der Waals surface area contributed by atoms with Crippen LogP contribution in [0.1, 0.15) is 44.7 Å².